The molecule has 108 valence electrons. The fourth-order valence-corrected chi connectivity index (χ4v) is 3.46. The van der Waals surface area contributed by atoms with Crippen LogP contribution in [0.1, 0.15) is 28.8 Å². The standard InChI is InChI=1S/C11H17NO6S/c1-6(13)5-12(4)19(16,17)10-8(3)18-7(2)9(10)11(14)15/h6,13H,5H2,1-4H3,(H,14,15). The molecule has 1 aromatic heterocycles. The molecule has 1 aromatic rings. The Balaban J connectivity index is 3.41. The molecule has 7 nitrogen and oxygen atoms in total. The number of carboxylic acids is 1. The van der Waals surface area contributed by atoms with Crippen LogP contribution in [0, 0.1) is 13.8 Å². The molecule has 1 heterocycles. The van der Waals surface area contributed by atoms with E-state index in [2.05, 4.69) is 0 Å². The molecule has 0 fully saturated rings. The van der Waals surface area contributed by atoms with E-state index in [1.54, 1.807) is 0 Å². The van der Waals surface area contributed by atoms with Gasteiger partial charge in [-0.05, 0) is 20.8 Å². The van der Waals surface area contributed by atoms with Crippen LogP contribution in [0.2, 0.25) is 0 Å². The number of nitrogens with zero attached hydrogens (tertiary/aromatic N) is 1. The minimum atomic E-state index is -4.02. The first-order valence-corrected chi connectivity index (χ1v) is 7.00. The smallest absolute Gasteiger partial charge is 0.340 e. The van der Waals surface area contributed by atoms with Crippen molar-refractivity contribution in [2.75, 3.05) is 13.6 Å². The van der Waals surface area contributed by atoms with Crippen molar-refractivity contribution < 1.29 is 27.8 Å². The lowest BCUT2D eigenvalue weighted by atomic mass is 10.2. The highest BCUT2D eigenvalue weighted by molar-refractivity contribution is 7.89. The minimum absolute atomic E-state index is 0.0207. The van der Waals surface area contributed by atoms with Gasteiger partial charge in [0.1, 0.15) is 22.0 Å². The van der Waals surface area contributed by atoms with Crippen molar-refractivity contribution in [3.63, 3.8) is 0 Å². The highest BCUT2D eigenvalue weighted by Gasteiger charge is 2.33. The van der Waals surface area contributed by atoms with E-state index in [9.17, 15) is 18.3 Å². The van der Waals surface area contributed by atoms with Crippen LogP contribution >= 0.6 is 0 Å². The Morgan fingerprint density at radius 3 is 2.32 bits per heavy atom. The van der Waals surface area contributed by atoms with Gasteiger partial charge in [-0.2, -0.15) is 4.31 Å². The number of aliphatic hydroxyl groups is 1. The first-order valence-electron chi connectivity index (χ1n) is 5.56. The summed E-state index contributed by atoms with van der Waals surface area (Å²) in [5, 5.41) is 18.3. The van der Waals surface area contributed by atoms with Gasteiger partial charge in [0.25, 0.3) is 0 Å². The summed E-state index contributed by atoms with van der Waals surface area (Å²) in [6.07, 6.45) is -0.860. The zero-order chi connectivity index (χ0) is 15.0. The Bertz CT molecular complexity index is 587. The summed E-state index contributed by atoms with van der Waals surface area (Å²) in [5.74, 6) is -1.31. The van der Waals surface area contributed by atoms with Crippen molar-refractivity contribution >= 4 is 16.0 Å². The summed E-state index contributed by atoms with van der Waals surface area (Å²) in [6, 6.07) is 0. The van der Waals surface area contributed by atoms with Gasteiger partial charge in [0.2, 0.25) is 10.0 Å². The van der Waals surface area contributed by atoms with Gasteiger partial charge in [0.15, 0.2) is 0 Å². The third kappa shape index (κ3) is 2.96. The number of sulfonamides is 1. The number of hydrogen-bond acceptors (Lipinski definition) is 5. The summed E-state index contributed by atoms with van der Waals surface area (Å²) >= 11 is 0. The Morgan fingerprint density at radius 1 is 1.37 bits per heavy atom. The van der Waals surface area contributed by atoms with Gasteiger partial charge in [-0.3, -0.25) is 0 Å². The third-order valence-corrected chi connectivity index (χ3v) is 4.59. The number of carbonyl (C=O) groups is 1. The van der Waals surface area contributed by atoms with E-state index in [-0.39, 0.29) is 28.5 Å². The molecule has 0 radical (unpaired) electrons. The predicted octanol–water partition coefficient (Wildman–Crippen LogP) is 0.596. The molecule has 0 amide bonds. The lowest BCUT2D eigenvalue weighted by Crippen LogP contribution is -2.34. The van der Waals surface area contributed by atoms with E-state index in [1.807, 2.05) is 0 Å². The molecule has 2 N–H and O–H groups in total. The van der Waals surface area contributed by atoms with Gasteiger partial charge in [-0.15, -0.1) is 0 Å². The number of rotatable bonds is 5. The zero-order valence-electron chi connectivity index (χ0n) is 11.2. The van der Waals surface area contributed by atoms with Crippen LogP contribution in [0.25, 0.3) is 0 Å². The maximum absolute atomic E-state index is 12.3. The number of aromatic carboxylic acids is 1. The second-order valence-electron chi connectivity index (χ2n) is 4.36. The lowest BCUT2D eigenvalue weighted by Gasteiger charge is -2.18. The highest BCUT2D eigenvalue weighted by Crippen LogP contribution is 2.28. The molecule has 0 aromatic carbocycles. The molecular formula is C11H17NO6S. The molecular weight excluding hydrogens is 274 g/mol. The molecule has 19 heavy (non-hydrogen) atoms. The molecule has 1 rings (SSSR count). The number of aryl methyl sites for hydroxylation is 2. The molecule has 0 saturated heterocycles. The molecule has 0 saturated carbocycles. The van der Waals surface area contributed by atoms with Gasteiger partial charge in [0.05, 0.1) is 6.10 Å². The van der Waals surface area contributed by atoms with E-state index in [1.165, 1.54) is 27.8 Å². The van der Waals surface area contributed by atoms with Crippen molar-refractivity contribution in [3.05, 3.63) is 17.1 Å². The van der Waals surface area contributed by atoms with Crippen LogP contribution in [0.3, 0.4) is 0 Å². The van der Waals surface area contributed by atoms with Crippen molar-refractivity contribution in [2.45, 2.75) is 31.8 Å². The average Bonchev–Trinajstić information content (AvgIpc) is 2.52. The largest absolute Gasteiger partial charge is 0.478 e. The van der Waals surface area contributed by atoms with E-state index >= 15 is 0 Å². The number of likely N-dealkylation sites (N-methyl/N-ethyl adjacent to an activating group) is 1. The van der Waals surface area contributed by atoms with Crippen LogP contribution in [-0.4, -0.2) is 48.6 Å². The second kappa shape index (κ2) is 5.32. The number of hydrogen-bond donors (Lipinski definition) is 2. The first kappa shape index (κ1) is 15.7. The molecule has 1 unspecified atom stereocenters. The quantitative estimate of drug-likeness (QED) is 0.822. The van der Waals surface area contributed by atoms with Gasteiger partial charge in [-0.1, -0.05) is 0 Å². The van der Waals surface area contributed by atoms with Gasteiger partial charge in [0, 0.05) is 13.6 Å². The fourth-order valence-electron chi connectivity index (χ4n) is 1.85. The first-order chi connectivity index (χ1) is 8.59. The Morgan fingerprint density at radius 2 is 1.89 bits per heavy atom. The van der Waals surface area contributed by atoms with E-state index in [0.29, 0.717) is 0 Å². The Labute approximate surface area is 111 Å². The van der Waals surface area contributed by atoms with Crippen LogP contribution in [0.4, 0.5) is 0 Å². The molecule has 0 aliphatic heterocycles. The van der Waals surface area contributed by atoms with Crippen molar-refractivity contribution in [1.82, 2.24) is 4.31 Å². The molecule has 0 aliphatic carbocycles. The summed E-state index contributed by atoms with van der Waals surface area (Å²) in [6.45, 7) is 4.09. The number of aliphatic hydroxyl groups excluding tert-OH is 1. The third-order valence-electron chi connectivity index (χ3n) is 2.61. The minimum Gasteiger partial charge on any atom is -0.478 e. The summed E-state index contributed by atoms with van der Waals surface area (Å²) in [4.78, 5) is 10.8. The summed E-state index contributed by atoms with van der Waals surface area (Å²) < 4.78 is 30.6. The molecule has 0 bridgehead atoms. The van der Waals surface area contributed by atoms with Crippen molar-refractivity contribution in [1.29, 1.82) is 0 Å². The average molecular weight is 291 g/mol. The van der Waals surface area contributed by atoms with Crippen LogP contribution in [0.5, 0.6) is 0 Å². The van der Waals surface area contributed by atoms with E-state index in [4.69, 9.17) is 9.52 Å². The molecule has 0 spiro atoms. The van der Waals surface area contributed by atoms with Crippen LogP contribution in [-0.2, 0) is 10.0 Å². The summed E-state index contributed by atoms with van der Waals surface area (Å²) in [7, 11) is -2.75. The van der Waals surface area contributed by atoms with Crippen LogP contribution < -0.4 is 0 Å². The lowest BCUT2D eigenvalue weighted by molar-refractivity contribution is 0.0691. The maximum Gasteiger partial charge on any atom is 0.340 e. The maximum atomic E-state index is 12.3. The van der Waals surface area contributed by atoms with Crippen molar-refractivity contribution in [2.24, 2.45) is 0 Å². The van der Waals surface area contributed by atoms with Crippen molar-refractivity contribution in [3.8, 4) is 0 Å². The number of furan rings is 1. The zero-order valence-corrected chi connectivity index (χ0v) is 12.0. The Kier molecular flexibility index (Phi) is 4.39. The van der Waals surface area contributed by atoms with Gasteiger partial charge in [-0.25, -0.2) is 13.2 Å². The van der Waals surface area contributed by atoms with E-state index in [0.717, 1.165) is 4.31 Å². The van der Waals surface area contributed by atoms with Gasteiger partial charge < -0.3 is 14.6 Å². The fraction of sp³-hybridized carbons (Fsp3) is 0.545. The monoisotopic (exact) mass is 291 g/mol. The molecule has 8 heteroatoms. The Hall–Kier alpha value is -1.38. The second-order valence-corrected chi connectivity index (χ2v) is 6.34. The molecule has 0 aliphatic rings. The normalized spacial score (nSPS) is 13.8. The SMILES string of the molecule is Cc1oc(C)c(S(=O)(=O)N(C)CC(C)O)c1C(=O)O. The van der Waals surface area contributed by atoms with E-state index < -0.39 is 22.1 Å². The summed E-state index contributed by atoms with van der Waals surface area (Å²) in [5.41, 5.74) is -0.366. The van der Waals surface area contributed by atoms with Crippen LogP contribution in [0.15, 0.2) is 9.31 Å². The predicted molar refractivity (Wildman–Crippen MR) is 66.6 cm³/mol. The molecule has 1 atom stereocenters. The topological polar surface area (TPSA) is 108 Å². The highest BCUT2D eigenvalue weighted by atomic mass is 32.2. The van der Waals surface area contributed by atoms with Gasteiger partial charge >= 0.3 is 5.97 Å². The number of carboxylic acid groups (broad SMARTS) is 1.